The van der Waals surface area contributed by atoms with E-state index < -0.39 is 0 Å². The lowest BCUT2D eigenvalue weighted by Gasteiger charge is -2.16. The fourth-order valence-electron chi connectivity index (χ4n) is 2.22. The molecule has 1 amide bonds. The molecule has 0 aliphatic rings. The quantitative estimate of drug-likeness (QED) is 0.707. The molecule has 0 saturated heterocycles. The lowest BCUT2D eigenvalue weighted by atomic mass is 10.2. The zero-order valence-corrected chi connectivity index (χ0v) is 14.3. The molecular weight excluding hydrogens is 341 g/mol. The van der Waals surface area contributed by atoms with Gasteiger partial charge in [0.25, 0.3) is 5.91 Å². The van der Waals surface area contributed by atoms with Gasteiger partial charge in [-0.1, -0.05) is 29.3 Å². The predicted molar refractivity (Wildman–Crippen MR) is 90.9 cm³/mol. The van der Waals surface area contributed by atoms with Crippen LogP contribution in [-0.4, -0.2) is 27.6 Å². The molecule has 0 N–H and O–H groups in total. The predicted octanol–water partition coefficient (Wildman–Crippen LogP) is 4.21. The van der Waals surface area contributed by atoms with Crippen molar-refractivity contribution in [2.75, 3.05) is 7.05 Å². The molecule has 114 valence electrons. The average Bonchev–Trinajstić information content (AvgIpc) is 3.02. The molecule has 0 atom stereocenters. The third kappa shape index (κ3) is 2.72. The number of aromatic nitrogens is 2. The van der Waals surface area contributed by atoms with E-state index in [1.165, 1.54) is 11.3 Å². The first kappa shape index (κ1) is 15.3. The van der Waals surface area contributed by atoms with Gasteiger partial charge in [-0.05, 0) is 18.2 Å². The van der Waals surface area contributed by atoms with Crippen LogP contribution in [0.3, 0.4) is 0 Å². The molecule has 3 rings (SSSR count). The highest BCUT2D eigenvalue weighted by atomic mass is 35.5. The van der Waals surface area contributed by atoms with Crippen LogP contribution in [0.4, 0.5) is 0 Å². The summed E-state index contributed by atoms with van der Waals surface area (Å²) in [6.45, 7) is 0.473. The van der Waals surface area contributed by atoms with Gasteiger partial charge >= 0.3 is 0 Å². The summed E-state index contributed by atoms with van der Waals surface area (Å²) in [7, 11) is 3.60. The first-order valence-electron chi connectivity index (χ1n) is 6.57. The highest BCUT2D eigenvalue weighted by Gasteiger charge is 2.21. The zero-order chi connectivity index (χ0) is 15.9. The van der Waals surface area contributed by atoms with Gasteiger partial charge in [-0.15, -0.1) is 11.3 Å². The Kier molecular flexibility index (Phi) is 4.12. The van der Waals surface area contributed by atoms with E-state index in [0.717, 1.165) is 15.8 Å². The van der Waals surface area contributed by atoms with Crippen molar-refractivity contribution >= 4 is 50.5 Å². The Hall–Kier alpha value is -1.56. The molecule has 0 aliphatic heterocycles. The summed E-state index contributed by atoms with van der Waals surface area (Å²) >= 11 is 13.7. The van der Waals surface area contributed by atoms with Crippen molar-refractivity contribution in [2.24, 2.45) is 7.05 Å². The fourth-order valence-corrected chi connectivity index (χ4v) is 4.00. The smallest absolute Gasteiger partial charge is 0.265 e. The molecule has 22 heavy (non-hydrogen) atoms. The van der Waals surface area contributed by atoms with Crippen molar-refractivity contribution in [3.8, 4) is 0 Å². The minimum atomic E-state index is -0.108. The van der Waals surface area contributed by atoms with E-state index in [1.54, 1.807) is 28.9 Å². The SMILES string of the molecule is CN(Cc1ccnn1C)C(=O)c1sc2cc(Cl)ccc2c1Cl. The number of carbonyl (C=O) groups excluding carboxylic acids is 1. The molecule has 7 heteroatoms. The van der Waals surface area contributed by atoms with Crippen LogP contribution < -0.4 is 0 Å². The Labute approximate surface area is 141 Å². The molecule has 2 aromatic heterocycles. The third-order valence-corrected chi connectivity index (χ3v) is 5.33. The topological polar surface area (TPSA) is 38.1 Å². The number of halogens is 2. The van der Waals surface area contributed by atoms with Gasteiger partial charge in [0.2, 0.25) is 0 Å². The average molecular weight is 354 g/mol. The van der Waals surface area contributed by atoms with E-state index >= 15 is 0 Å². The van der Waals surface area contributed by atoms with Gasteiger partial charge in [0.05, 0.1) is 17.3 Å². The third-order valence-electron chi connectivity index (χ3n) is 3.45. The zero-order valence-electron chi connectivity index (χ0n) is 12.0. The van der Waals surface area contributed by atoms with Gasteiger partial charge in [0.1, 0.15) is 4.88 Å². The van der Waals surface area contributed by atoms with E-state index in [2.05, 4.69) is 5.10 Å². The van der Waals surface area contributed by atoms with E-state index in [4.69, 9.17) is 23.2 Å². The van der Waals surface area contributed by atoms with Crippen LogP contribution >= 0.6 is 34.5 Å². The van der Waals surface area contributed by atoms with E-state index in [1.807, 2.05) is 25.2 Å². The molecule has 1 aromatic carbocycles. The van der Waals surface area contributed by atoms with Crippen LogP contribution in [0.25, 0.3) is 10.1 Å². The lowest BCUT2D eigenvalue weighted by molar-refractivity contribution is 0.0787. The largest absolute Gasteiger partial charge is 0.335 e. The summed E-state index contributed by atoms with van der Waals surface area (Å²) in [5, 5.41) is 6.08. The van der Waals surface area contributed by atoms with Gasteiger partial charge in [-0.25, -0.2) is 0 Å². The van der Waals surface area contributed by atoms with Gasteiger partial charge < -0.3 is 4.90 Å². The highest BCUT2D eigenvalue weighted by molar-refractivity contribution is 7.21. The van der Waals surface area contributed by atoms with E-state index in [-0.39, 0.29) is 5.91 Å². The normalized spacial score (nSPS) is 11.1. The Bertz CT molecular complexity index is 856. The maximum absolute atomic E-state index is 12.6. The molecule has 0 unspecified atom stereocenters. The number of benzene rings is 1. The summed E-state index contributed by atoms with van der Waals surface area (Å²) in [6, 6.07) is 7.33. The maximum atomic E-state index is 12.6. The Balaban J connectivity index is 1.91. The van der Waals surface area contributed by atoms with Crippen molar-refractivity contribution in [3.05, 3.63) is 51.1 Å². The molecule has 0 radical (unpaired) electrons. The number of hydrogen-bond donors (Lipinski definition) is 0. The number of rotatable bonds is 3. The summed E-state index contributed by atoms with van der Waals surface area (Å²) in [6.07, 6.45) is 1.71. The highest BCUT2D eigenvalue weighted by Crippen LogP contribution is 2.37. The number of amides is 1. The van der Waals surface area contributed by atoms with Crippen molar-refractivity contribution in [3.63, 3.8) is 0 Å². The molecule has 3 aromatic rings. The maximum Gasteiger partial charge on any atom is 0.265 e. The Morgan fingerprint density at radius 1 is 1.36 bits per heavy atom. The second-order valence-corrected chi connectivity index (χ2v) is 6.86. The summed E-state index contributed by atoms with van der Waals surface area (Å²) in [4.78, 5) is 14.8. The standard InChI is InChI=1S/C15H13Cl2N3OS/c1-19(8-10-5-6-18-20(10)2)15(21)14-13(17)11-4-3-9(16)7-12(11)22-14/h3-7H,8H2,1-2H3. The number of hydrogen-bond acceptors (Lipinski definition) is 3. The van der Waals surface area contributed by atoms with Crippen LogP contribution in [0.5, 0.6) is 0 Å². The molecule has 0 aliphatic carbocycles. The van der Waals surface area contributed by atoms with E-state index in [9.17, 15) is 4.79 Å². The Morgan fingerprint density at radius 2 is 2.14 bits per heavy atom. The number of carbonyl (C=O) groups is 1. The summed E-state index contributed by atoms with van der Waals surface area (Å²) in [5.41, 5.74) is 0.955. The first-order valence-corrected chi connectivity index (χ1v) is 8.14. The van der Waals surface area contributed by atoms with E-state index in [0.29, 0.717) is 21.5 Å². The second-order valence-electron chi connectivity index (χ2n) is 4.99. The Morgan fingerprint density at radius 3 is 2.82 bits per heavy atom. The summed E-state index contributed by atoms with van der Waals surface area (Å²) in [5.74, 6) is -0.108. The van der Waals surface area contributed by atoms with Crippen LogP contribution in [0.15, 0.2) is 30.5 Å². The number of aryl methyl sites for hydroxylation is 1. The van der Waals surface area contributed by atoms with Crippen LogP contribution in [0, 0.1) is 0 Å². The van der Waals surface area contributed by atoms with Crippen LogP contribution in [0.1, 0.15) is 15.4 Å². The molecule has 0 spiro atoms. The first-order chi connectivity index (χ1) is 10.5. The van der Waals surface area contributed by atoms with Gasteiger partial charge in [-0.2, -0.15) is 5.10 Å². The van der Waals surface area contributed by atoms with Crippen molar-refractivity contribution < 1.29 is 4.79 Å². The fraction of sp³-hybridized carbons (Fsp3) is 0.200. The second kappa shape index (κ2) is 5.91. The minimum absolute atomic E-state index is 0.108. The van der Waals surface area contributed by atoms with Gasteiger partial charge in [0.15, 0.2) is 0 Å². The molecule has 0 saturated carbocycles. The van der Waals surface area contributed by atoms with Crippen molar-refractivity contribution in [2.45, 2.75) is 6.54 Å². The monoisotopic (exact) mass is 353 g/mol. The molecule has 2 heterocycles. The summed E-state index contributed by atoms with van der Waals surface area (Å²) < 4.78 is 2.66. The molecular formula is C15H13Cl2N3OS. The van der Waals surface area contributed by atoms with Crippen molar-refractivity contribution in [1.29, 1.82) is 0 Å². The number of thiophene rings is 1. The molecule has 4 nitrogen and oxygen atoms in total. The van der Waals surface area contributed by atoms with Crippen LogP contribution in [0.2, 0.25) is 10.0 Å². The van der Waals surface area contributed by atoms with Crippen LogP contribution in [-0.2, 0) is 13.6 Å². The van der Waals surface area contributed by atoms with Gasteiger partial charge in [0, 0.05) is 35.4 Å². The molecule has 0 fully saturated rings. The lowest BCUT2D eigenvalue weighted by Crippen LogP contribution is -2.26. The number of fused-ring (bicyclic) bond motifs is 1. The molecule has 0 bridgehead atoms. The minimum Gasteiger partial charge on any atom is -0.335 e. The number of nitrogens with zero attached hydrogens (tertiary/aromatic N) is 3. The van der Waals surface area contributed by atoms with Gasteiger partial charge in [-0.3, -0.25) is 9.48 Å². The van der Waals surface area contributed by atoms with Crippen molar-refractivity contribution in [1.82, 2.24) is 14.7 Å².